The van der Waals surface area contributed by atoms with Gasteiger partial charge in [-0.1, -0.05) is 6.42 Å². The van der Waals surface area contributed by atoms with Gasteiger partial charge < -0.3 is 10.4 Å². The Balaban J connectivity index is 2.05. The average Bonchev–Trinajstić information content (AvgIpc) is 2.62. The lowest BCUT2D eigenvalue weighted by Gasteiger charge is -2.36. The molecule has 0 aromatic carbocycles. The molecular weight excluding hydrogens is 250 g/mol. The van der Waals surface area contributed by atoms with Crippen LogP contribution < -0.4 is 5.32 Å². The third-order valence-corrected chi connectivity index (χ3v) is 4.77. The molecule has 0 radical (unpaired) electrons. The van der Waals surface area contributed by atoms with Gasteiger partial charge in [0.15, 0.2) is 0 Å². The van der Waals surface area contributed by atoms with Gasteiger partial charge in [-0.3, -0.25) is 9.59 Å². The predicted molar refractivity (Wildman–Crippen MR) is 69.5 cm³/mol. The summed E-state index contributed by atoms with van der Waals surface area (Å²) in [5.74, 6) is -1.35. The van der Waals surface area contributed by atoms with Crippen molar-refractivity contribution in [2.45, 2.75) is 39.2 Å². The summed E-state index contributed by atoms with van der Waals surface area (Å²) < 4.78 is 0. The van der Waals surface area contributed by atoms with Crippen molar-refractivity contribution in [1.29, 1.82) is 0 Å². The van der Waals surface area contributed by atoms with E-state index >= 15 is 0 Å². The van der Waals surface area contributed by atoms with E-state index in [0.717, 1.165) is 11.3 Å². The van der Waals surface area contributed by atoms with Crippen molar-refractivity contribution < 1.29 is 14.7 Å². The molecular formula is C13H17NO3S. The highest BCUT2D eigenvalue weighted by Gasteiger charge is 2.51. The molecule has 1 aromatic heterocycles. The third-order valence-electron chi connectivity index (χ3n) is 3.59. The molecule has 18 heavy (non-hydrogen) atoms. The highest BCUT2D eigenvalue weighted by Crippen LogP contribution is 2.42. The van der Waals surface area contributed by atoms with Crippen LogP contribution >= 0.6 is 11.3 Å². The van der Waals surface area contributed by atoms with E-state index in [1.165, 1.54) is 4.88 Å². The van der Waals surface area contributed by atoms with Gasteiger partial charge >= 0.3 is 5.97 Å². The Morgan fingerprint density at radius 3 is 2.50 bits per heavy atom. The molecule has 1 saturated carbocycles. The van der Waals surface area contributed by atoms with E-state index in [9.17, 15) is 14.7 Å². The van der Waals surface area contributed by atoms with E-state index in [0.29, 0.717) is 12.8 Å². The van der Waals surface area contributed by atoms with E-state index in [1.54, 1.807) is 11.3 Å². The van der Waals surface area contributed by atoms with Gasteiger partial charge in [0.2, 0.25) is 5.91 Å². The van der Waals surface area contributed by atoms with Crippen molar-refractivity contribution in [2.75, 3.05) is 0 Å². The fourth-order valence-corrected chi connectivity index (χ4v) is 3.04. The van der Waals surface area contributed by atoms with Gasteiger partial charge in [0, 0.05) is 9.75 Å². The first-order valence-corrected chi connectivity index (χ1v) is 6.88. The van der Waals surface area contributed by atoms with Gasteiger partial charge in [0.25, 0.3) is 0 Å². The normalized spacial score (nSPS) is 18.8. The molecule has 1 aromatic rings. The average molecular weight is 267 g/mol. The summed E-state index contributed by atoms with van der Waals surface area (Å²) in [6.45, 7) is 3.89. The van der Waals surface area contributed by atoms with Crippen molar-refractivity contribution in [1.82, 2.24) is 5.32 Å². The Labute approximate surface area is 110 Å². The summed E-state index contributed by atoms with van der Waals surface area (Å²) in [7, 11) is 0. The zero-order valence-electron chi connectivity index (χ0n) is 10.5. The SMILES string of the molecule is Cc1ccc(C(C)NC(=O)C2(C(=O)O)CCC2)s1. The lowest BCUT2D eigenvalue weighted by Crippen LogP contribution is -2.51. The summed E-state index contributed by atoms with van der Waals surface area (Å²) in [5, 5.41) is 12.0. The maximum absolute atomic E-state index is 12.1. The molecule has 0 spiro atoms. The van der Waals surface area contributed by atoms with Crippen LogP contribution in [-0.2, 0) is 9.59 Å². The van der Waals surface area contributed by atoms with Crippen molar-refractivity contribution in [3.63, 3.8) is 0 Å². The van der Waals surface area contributed by atoms with Crippen LogP contribution in [0.25, 0.3) is 0 Å². The van der Waals surface area contributed by atoms with Gasteiger partial charge in [0.1, 0.15) is 5.41 Å². The highest BCUT2D eigenvalue weighted by molar-refractivity contribution is 7.12. The minimum atomic E-state index is -1.18. The fraction of sp³-hybridized carbons (Fsp3) is 0.538. The van der Waals surface area contributed by atoms with E-state index in [1.807, 2.05) is 26.0 Å². The summed E-state index contributed by atoms with van der Waals surface area (Å²) >= 11 is 1.62. The standard InChI is InChI=1S/C13H17NO3S/c1-8-4-5-10(18-8)9(2)14-11(15)13(12(16)17)6-3-7-13/h4-5,9H,3,6-7H2,1-2H3,(H,14,15)(H,16,17). The molecule has 2 N–H and O–H groups in total. The zero-order chi connectivity index (χ0) is 13.3. The van der Waals surface area contributed by atoms with Gasteiger partial charge in [-0.05, 0) is 38.8 Å². The van der Waals surface area contributed by atoms with Crippen molar-refractivity contribution in [3.8, 4) is 0 Å². The lowest BCUT2D eigenvalue weighted by molar-refractivity contribution is -0.162. The number of carbonyl (C=O) groups excluding carboxylic acids is 1. The molecule has 1 amide bonds. The smallest absolute Gasteiger partial charge is 0.319 e. The largest absolute Gasteiger partial charge is 0.480 e. The minimum absolute atomic E-state index is 0.131. The Morgan fingerprint density at radius 1 is 1.44 bits per heavy atom. The van der Waals surface area contributed by atoms with E-state index in [-0.39, 0.29) is 11.9 Å². The minimum Gasteiger partial charge on any atom is -0.480 e. The molecule has 4 nitrogen and oxygen atoms in total. The lowest BCUT2D eigenvalue weighted by atomic mass is 9.68. The van der Waals surface area contributed by atoms with Crippen molar-refractivity contribution in [3.05, 3.63) is 21.9 Å². The van der Waals surface area contributed by atoms with Crippen molar-refractivity contribution in [2.24, 2.45) is 5.41 Å². The van der Waals surface area contributed by atoms with Crippen LogP contribution in [0.15, 0.2) is 12.1 Å². The predicted octanol–water partition coefficient (Wildman–Crippen LogP) is 2.49. The van der Waals surface area contributed by atoms with Gasteiger partial charge in [-0.15, -0.1) is 11.3 Å². The second-order valence-electron chi connectivity index (χ2n) is 4.88. The number of aliphatic carboxylic acids is 1. The monoisotopic (exact) mass is 267 g/mol. The second kappa shape index (κ2) is 4.72. The van der Waals surface area contributed by atoms with Gasteiger partial charge in [-0.25, -0.2) is 0 Å². The zero-order valence-corrected chi connectivity index (χ0v) is 11.3. The highest BCUT2D eigenvalue weighted by atomic mass is 32.1. The first-order valence-electron chi connectivity index (χ1n) is 6.06. The van der Waals surface area contributed by atoms with Crippen LogP contribution in [0.2, 0.25) is 0 Å². The Morgan fingerprint density at radius 2 is 2.11 bits per heavy atom. The van der Waals surface area contributed by atoms with Crippen LogP contribution in [-0.4, -0.2) is 17.0 Å². The molecule has 1 fully saturated rings. The van der Waals surface area contributed by atoms with Crippen molar-refractivity contribution >= 4 is 23.2 Å². The summed E-state index contributed by atoms with van der Waals surface area (Å²) in [5.41, 5.74) is -1.18. The number of hydrogen-bond donors (Lipinski definition) is 2. The summed E-state index contributed by atoms with van der Waals surface area (Å²) in [6.07, 6.45) is 1.71. The molecule has 1 heterocycles. The molecule has 0 aliphatic heterocycles. The summed E-state index contributed by atoms with van der Waals surface area (Å²) in [6, 6.07) is 3.84. The molecule has 0 bridgehead atoms. The first kappa shape index (κ1) is 13.1. The molecule has 0 saturated heterocycles. The third kappa shape index (κ3) is 2.14. The van der Waals surface area contributed by atoms with E-state index < -0.39 is 11.4 Å². The molecule has 98 valence electrons. The molecule has 5 heteroatoms. The quantitative estimate of drug-likeness (QED) is 0.824. The van der Waals surface area contributed by atoms with Crippen LogP contribution in [0.1, 0.15) is 42.0 Å². The van der Waals surface area contributed by atoms with E-state index in [2.05, 4.69) is 5.32 Å². The number of carboxylic acids is 1. The number of thiophene rings is 1. The second-order valence-corrected chi connectivity index (χ2v) is 6.20. The molecule has 2 rings (SSSR count). The molecule has 1 unspecified atom stereocenters. The number of carbonyl (C=O) groups is 2. The number of hydrogen-bond acceptors (Lipinski definition) is 3. The first-order chi connectivity index (χ1) is 8.45. The topological polar surface area (TPSA) is 66.4 Å². The Kier molecular flexibility index (Phi) is 3.43. The van der Waals surface area contributed by atoms with E-state index in [4.69, 9.17) is 0 Å². The molecule has 1 atom stereocenters. The van der Waals surface area contributed by atoms with Crippen LogP contribution in [0, 0.1) is 12.3 Å². The number of nitrogens with one attached hydrogen (secondary N) is 1. The number of carboxylic acid groups (broad SMARTS) is 1. The van der Waals surface area contributed by atoms with Crippen LogP contribution in [0.4, 0.5) is 0 Å². The number of aryl methyl sites for hydroxylation is 1. The maximum atomic E-state index is 12.1. The Bertz CT molecular complexity index is 476. The molecule has 1 aliphatic rings. The molecule has 1 aliphatic carbocycles. The Hall–Kier alpha value is -1.36. The van der Waals surface area contributed by atoms with Crippen LogP contribution in [0.5, 0.6) is 0 Å². The number of amides is 1. The fourth-order valence-electron chi connectivity index (χ4n) is 2.16. The maximum Gasteiger partial charge on any atom is 0.319 e. The summed E-state index contributed by atoms with van der Waals surface area (Å²) in [4.78, 5) is 25.5. The van der Waals surface area contributed by atoms with Gasteiger partial charge in [-0.2, -0.15) is 0 Å². The van der Waals surface area contributed by atoms with Crippen LogP contribution in [0.3, 0.4) is 0 Å². The van der Waals surface area contributed by atoms with Gasteiger partial charge in [0.05, 0.1) is 6.04 Å². The number of rotatable bonds is 4.